The minimum atomic E-state index is -0.133. The number of halogens is 1. The van der Waals surface area contributed by atoms with E-state index in [1.165, 1.54) is 38.9 Å². The summed E-state index contributed by atoms with van der Waals surface area (Å²) in [4.78, 5) is 2.35. The Balaban J connectivity index is 1.39. The van der Waals surface area contributed by atoms with Crippen LogP contribution in [-0.2, 0) is 10.8 Å². The molecule has 0 atom stereocenters. The lowest BCUT2D eigenvalue weighted by Crippen LogP contribution is -2.16. The van der Waals surface area contributed by atoms with Gasteiger partial charge in [0.05, 0.1) is 22.3 Å². The molecule has 0 radical (unpaired) electrons. The van der Waals surface area contributed by atoms with Crippen molar-refractivity contribution in [3.05, 3.63) is 155 Å². The fraction of sp³-hybridized carbons (Fsp3) is 0.156. The van der Waals surface area contributed by atoms with Gasteiger partial charge in [-0.1, -0.05) is 119 Å². The van der Waals surface area contributed by atoms with Crippen LogP contribution in [0.3, 0.4) is 0 Å². The molecule has 6 aromatic carbocycles. The van der Waals surface area contributed by atoms with E-state index in [9.17, 15) is 0 Å². The molecule has 0 N–H and O–H groups in total. The number of benzene rings is 6. The SMILES string of the molecule is CC(C)(C)c1cc(N(c2cccc(Cl)c2)c2cccc3oc4ccccc4c23)cc(-n2c3c(c4ccccc42)C(C)(C)c2ccccc2-3)c1. The van der Waals surface area contributed by atoms with Gasteiger partial charge in [-0.3, -0.25) is 0 Å². The van der Waals surface area contributed by atoms with E-state index in [2.05, 4.69) is 147 Å². The maximum absolute atomic E-state index is 6.73. The summed E-state index contributed by atoms with van der Waals surface area (Å²) in [5.41, 5.74) is 13.4. The summed E-state index contributed by atoms with van der Waals surface area (Å²) in [7, 11) is 0. The topological polar surface area (TPSA) is 21.3 Å². The minimum absolute atomic E-state index is 0.123. The second-order valence-electron chi connectivity index (χ2n) is 14.8. The average molecular weight is 657 g/mol. The second kappa shape index (κ2) is 10.6. The minimum Gasteiger partial charge on any atom is -0.456 e. The van der Waals surface area contributed by atoms with Crippen molar-refractivity contribution in [1.82, 2.24) is 4.57 Å². The van der Waals surface area contributed by atoms with E-state index in [1.54, 1.807) is 0 Å². The van der Waals surface area contributed by atoms with Gasteiger partial charge < -0.3 is 13.9 Å². The highest BCUT2D eigenvalue weighted by Gasteiger charge is 2.40. The van der Waals surface area contributed by atoms with Crippen LogP contribution < -0.4 is 4.90 Å². The second-order valence-corrected chi connectivity index (χ2v) is 15.2. The highest BCUT2D eigenvalue weighted by Crippen LogP contribution is 2.54. The number of nitrogens with zero attached hydrogens (tertiary/aromatic N) is 2. The van der Waals surface area contributed by atoms with Gasteiger partial charge in [-0.15, -0.1) is 0 Å². The van der Waals surface area contributed by atoms with Crippen LogP contribution in [-0.4, -0.2) is 4.57 Å². The Hall–Kier alpha value is -5.25. The van der Waals surface area contributed by atoms with E-state index in [0.29, 0.717) is 5.02 Å². The summed E-state index contributed by atoms with van der Waals surface area (Å²) in [6, 6.07) is 47.6. The maximum atomic E-state index is 6.73. The Morgan fingerprint density at radius 2 is 1.39 bits per heavy atom. The molecule has 1 aliphatic carbocycles. The molecule has 3 nitrogen and oxygen atoms in total. The van der Waals surface area contributed by atoms with Crippen LogP contribution in [0.5, 0.6) is 0 Å². The lowest BCUT2D eigenvalue weighted by Gasteiger charge is -2.30. The molecule has 0 bridgehead atoms. The van der Waals surface area contributed by atoms with E-state index in [4.69, 9.17) is 16.0 Å². The van der Waals surface area contributed by atoms with E-state index in [0.717, 1.165) is 44.7 Å². The van der Waals surface area contributed by atoms with Crippen molar-refractivity contribution < 1.29 is 4.42 Å². The third-order valence-electron chi connectivity index (χ3n) is 10.3. The first-order chi connectivity index (χ1) is 23.6. The summed E-state index contributed by atoms with van der Waals surface area (Å²) in [6.07, 6.45) is 0. The fourth-order valence-electron chi connectivity index (χ4n) is 8.04. The van der Waals surface area contributed by atoms with E-state index in [-0.39, 0.29) is 10.8 Å². The first-order valence-electron chi connectivity index (χ1n) is 17.0. The van der Waals surface area contributed by atoms with Gasteiger partial charge >= 0.3 is 0 Å². The van der Waals surface area contributed by atoms with Crippen LogP contribution in [0.15, 0.2) is 138 Å². The number of hydrogen-bond donors (Lipinski definition) is 0. The van der Waals surface area contributed by atoms with Crippen LogP contribution >= 0.6 is 11.6 Å². The Morgan fingerprint density at radius 1 is 0.673 bits per heavy atom. The smallest absolute Gasteiger partial charge is 0.137 e. The summed E-state index contributed by atoms with van der Waals surface area (Å²) < 4.78 is 8.89. The van der Waals surface area contributed by atoms with Crippen LogP contribution in [0.4, 0.5) is 17.1 Å². The number of para-hydroxylation sites is 2. The molecule has 4 heteroatoms. The lowest BCUT2D eigenvalue weighted by molar-refractivity contribution is 0.590. The molecule has 0 aliphatic heterocycles. The highest BCUT2D eigenvalue weighted by atomic mass is 35.5. The zero-order chi connectivity index (χ0) is 33.7. The number of aromatic nitrogens is 1. The third kappa shape index (κ3) is 4.49. The molecule has 2 heterocycles. The van der Waals surface area contributed by atoms with Gasteiger partial charge in [0.15, 0.2) is 0 Å². The summed E-state index contributed by atoms with van der Waals surface area (Å²) in [6.45, 7) is 11.6. The zero-order valence-corrected chi connectivity index (χ0v) is 29.1. The van der Waals surface area contributed by atoms with Crippen molar-refractivity contribution in [1.29, 1.82) is 0 Å². The summed E-state index contributed by atoms with van der Waals surface area (Å²) >= 11 is 6.73. The number of fused-ring (bicyclic) bond motifs is 8. The van der Waals surface area contributed by atoms with Gasteiger partial charge in [0.1, 0.15) is 11.2 Å². The van der Waals surface area contributed by atoms with E-state index < -0.39 is 0 Å². The van der Waals surface area contributed by atoms with Crippen molar-refractivity contribution in [3.63, 3.8) is 0 Å². The van der Waals surface area contributed by atoms with Gasteiger partial charge in [-0.2, -0.15) is 0 Å². The molecular formula is C45H37ClN2O. The van der Waals surface area contributed by atoms with Crippen LogP contribution in [0.1, 0.15) is 51.3 Å². The summed E-state index contributed by atoms with van der Waals surface area (Å²) in [5, 5.41) is 4.14. The summed E-state index contributed by atoms with van der Waals surface area (Å²) in [5.74, 6) is 0. The molecule has 0 fully saturated rings. The normalized spacial score (nSPS) is 13.7. The van der Waals surface area contributed by atoms with Crippen molar-refractivity contribution in [2.24, 2.45) is 0 Å². The van der Waals surface area contributed by atoms with Crippen molar-refractivity contribution in [2.45, 2.75) is 45.4 Å². The van der Waals surface area contributed by atoms with Crippen molar-refractivity contribution in [3.8, 4) is 16.9 Å². The van der Waals surface area contributed by atoms with Gasteiger partial charge in [0.25, 0.3) is 0 Å². The molecule has 0 amide bonds. The molecule has 240 valence electrons. The largest absolute Gasteiger partial charge is 0.456 e. The average Bonchev–Trinajstić information content (AvgIpc) is 3.72. The molecule has 1 aliphatic rings. The number of rotatable bonds is 4. The Morgan fingerprint density at radius 3 is 2.20 bits per heavy atom. The number of furan rings is 1. The van der Waals surface area contributed by atoms with Gasteiger partial charge in [-0.25, -0.2) is 0 Å². The highest BCUT2D eigenvalue weighted by molar-refractivity contribution is 6.31. The molecule has 49 heavy (non-hydrogen) atoms. The standard InChI is InChI=1S/C45H37ClN2O/c1-44(2,3)28-24-31(47(30-15-12-14-29(46)26-30)38-21-13-23-40-41(38)35-18-8-11-22-39(35)49-40)27-32(25-28)48-37-20-10-7-17-34(37)42-43(48)33-16-6-9-19-36(33)45(42,4)5/h6-27H,1-5H3. The lowest BCUT2D eigenvalue weighted by atomic mass is 9.81. The van der Waals surface area contributed by atoms with Gasteiger partial charge in [-0.05, 0) is 82.8 Å². The molecule has 8 aromatic rings. The molecule has 0 saturated heterocycles. The first-order valence-corrected chi connectivity index (χ1v) is 17.3. The Bertz CT molecular complexity index is 2600. The molecule has 0 spiro atoms. The van der Waals surface area contributed by atoms with E-state index >= 15 is 0 Å². The van der Waals surface area contributed by atoms with Crippen molar-refractivity contribution in [2.75, 3.05) is 4.90 Å². The first kappa shape index (κ1) is 29.9. The molecular weight excluding hydrogens is 620 g/mol. The van der Waals surface area contributed by atoms with Gasteiger partial charge in [0.2, 0.25) is 0 Å². The van der Waals surface area contributed by atoms with Crippen LogP contribution in [0, 0.1) is 0 Å². The molecule has 2 aromatic heterocycles. The Kier molecular flexibility index (Phi) is 6.47. The monoisotopic (exact) mass is 656 g/mol. The van der Waals surface area contributed by atoms with Crippen LogP contribution in [0.2, 0.25) is 5.02 Å². The van der Waals surface area contributed by atoms with Crippen LogP contribution in [0.25, 0.3) is 49.8 Å². The Labute approximate surface area is 292 Å². The molecule has 9 rings (SSSR count). The van der Waals surface area contributed by atoms with Crippen molar-refractivity contribution >= 4 is 61.5 Å². The third-order valence-corrected chi connectivity index (χ3v) is 10.6. The molecule has 0 unspecified atom stereocenters. The predicted octanol–water partition coefficient (Wildman–Crippen LogP) is 13.3. The quantitative estimate of drug-likeness (QED) is 0.188. The zero-order valence-electron chi connectivity index (χ0n) is 28.4. The fourth-order valence-corrected chi connectivity index (χ4v) is 8.22. The predicted molar refractivity (Wildman–Crippen MR) is 207 cm³/mol. The number of hydrogen-bond acceptors (Lipinski definition) is 2. The van der Waals surface area contributed by atoms with Gasteiger partial charge in [0, 0.05) is 43.8 Å². The molecule has 0 saturated carbocycles. The van der Waals surface area contributed by atoms with E-state index in [1.807, 2.05) is 30.3 Å². The maximum Gasteiger partial charge on any atom is 0.137 e. The number of anilines is 3.